The van der Waals surface area contributed by atoms with Gasteiger partial charge in [-0.1, -0.05) is 32.9 Å². The minimum Gasteiger partial charge on any atom is -0.381 e. The first-order valence-electron chi connectivity index (χ1n) is 8.51. The van der Waals surface area contributed by atoms with Crippen LogP contribution in [0.25, 0.3) is 0 Å². The summed E-state index contributed by atoms with van der Waals surface area (Å²) in [4.78, 5) is 0.249. The quantitative estimate of drug-likeness (QED) is 0.904. The highest BCUT2D eigenvalue weighted by Crippen LogP contribution is 2.25. The fourth-order valence-corrected chi connectivity index (χ4v) is 3.92. The largest absolute Gasteiger partial charge is 0.381 e. The number of nitrogens with one attached hydrogen (secondary N) is 1. The molecule has 0 amide bonds. The molecule has 0 saturated carbocycles. The molecule has 2 aromatic rings. The van der Waals surface area contributed by atoms with E-state index in [0.717, 1.165) is 18.4 Å². The Bertz CT molecular complexity index is 814. The van der Waals surface area contributed by atoms with E-state index in [0.29, 0.717) is 18.9 Å². The lowest BCUT2D eigenvalue weighted by molar-refractivity contribution is 0.0662. The fourth-order valence-electron chi connectivity index (χ4n) is 2.89. The van der Waals surface area contributed by atoms with Crippen molar-refractivity contribution in [1.82, 2.24) is 9.78 Å². The van der Waals surface area contributed by atoms with Crippen LogP contribution in [0.15, 0.2) is 41.6 Å². The Hall–Kier alpha value is -1.86. The van der Waals surface area contributed by atoms with Crippen LogP contribution >= 0.6 is 0 Å². The van der Waals surface area contributed by atoms with Crippen molar-refractivity contribution in [2.75, 3.05) is 17.9 Å². The number of nitrogens with zero attached hydrogens (tertiary/aromatic N) is 2. The fraction of sp³-hybridized carbons (Fsp3) is 0.500. The summed E-state index contributed by atoms with van der Waals surface area (Å²) in [6.45, 7) is 7.72. The third-order valence-electron chi connectivity index (χ3n) is 4.45. The number of hydrogen-bond donors (Lipinski definition) is 1. The van der Waals surface area contributed by atoms with Crippen molar-refractivity contribution in [3.05, 3.63) is 42.2 Å². The molecule has 0 radical (unpaired) electrons. The van der Waals surface area contributed by atoms with Gasteiger partial charge in [0.25, 0.3) is 10.0 Å². The molecule has 1 N–H and O–H groups in total. The lowest BCUT2D eigenvalue weighted by atomic mass is 9.87. The first kappa shape index (κ1) is 17.9. The van der Waals surface area contributed by atoms with E-state index in [4.69, 9.17) is 4.74 Å². The van der Waals surface area contributed by atoms with Gasteiger partial charge in [0.15, 0.2) is 0 Å². The van der Waals surface area contributed by atoms with Crippen molar-refractivity contribution in [2.24, 2.45) is 0 Å². The average molecular weight is 363 g/mol. The molecule has 1 aromatic carbocycles. The van der Waals surface area contributed by atoms with E-state index in [-0.39, 0.29) is 16.4 Å². The zero-order valence-electron chi connectivity index (χ0n) is 14.9. The summed E-state index contributed by atoms with van der Waals surface area (Å²) in [5.74, 6) is 0. The highest BCUT2D eigenvalue weighted by Gasteiger charge is 2.20. The van der Waals surface area contributed by atoms with Crippen molar-refractivity contribution in [3.8, 4) is 0 Å². The predicted molar refractivity (Wildman–Crippen MR) is 97.3 cm³/mol. The van der Waals surface area contributed by atoms with Gasteiger partial charge >= 0.3 is 0 Å². The van der Waals surface area contributed by atoms with E-state index in [1.54, 1.807) is 24.5 Å². The molecule has 0 aliphatic carbocycles. The second-order valence-corrected chi connectivity index (χ2v) is 9.11. The van der Waals surface area contributed by atoms with Gasteiger partial charge in [0.1, 0.15) is 0 Å². The molecular weight excluding hydrogens is 338 g/mol. The molecule has 25 heavy (non-hydrogen) atoms. The van der Waals surface area contributed by atoms with Crippen LogP contribution in [0, 0.1) is 0 Å². The van der Waals surface area contributed by atoms with Gasteiger partial charge in [-0.3, -0.25) is 9.40 Å². The summed E-state index contributed by atoms with van der Waals surface area (Å²) in [5.41, 5.74) is 1.56. The van der Waals surface area contributed by atoms with Gasteiger partial charge in [-0.15, -0.1) is 0 Å². The van der Waals surface area contributed by atoms with Gasteiger partial charge in [-0.25, -0.2) is 8.42 Å². The summed E-state index contributed by atoms with van der Waals surface area (Å²) in [6.07, 6.45) is 5.08. The van der Waals surface area contributed by atoms with Gasteiger partial charge in [0, 0.05) is 19.4 Å². The Morgan fingerprint density at radius 2 is 1.80 bits per heavy atom. The van der Waals surface area contributed by atoms with Crippen LogP contribution in [-0.4, -0.2) is 31.4 Å². The Morgan fingerprint density at radius 1 is 1.16 bits per heavy atom. The minimum atomic E-state index is -3.62. The smallest absolute Gasteiger partial charge is 0.261 e. The zero-order chi connectivity index (χ0) is 18.1. The number of anilines is 1. The molecule has 136 valence electrons. The molecule has 0 unspecified atom stereocenters. The number of rotatable bonds is 4. The van der Waals surface area contributed by atoms with Crippen molar-refractivity contribution < 1.29 is 13.2 Å². The number of benzene rings is 1. The van der Waals surface area contributed by atoms with E-state index < -0.39 is 10.0 Å². The SMILES string of the molecule is CC(C)(C)c1ccc(S(=O)(=O)Nc2cnn(C3CCOCC3)c2)cc1. The van der Waals surface area contributed by atoms with E-state index in [1.165, 1.54) is 0 Å². The van der Waals surface area contributed by atoms with Crippen LogP contribution in [0.1, 0.15) is 45.2 Å². The van der Waals surface area contributed by atoms with Crippen LogP contribution in [0.3, 0.4) is 0 Å². The molecule has 1 aliphatic rings. The molecular formula is C18H25N3O3S. The van der Waals surface area contributed by atoms with E-state index >= 15 is 0 Å². The van der Waals surface area contributed by atoms with Crippen LogP contribution in [0.4, 0.5) is 5.69 Å². The first-order chi connectivity index (χ1) is 11.8. The van der Waals surface area contributed by atoms with Gasteiger partial charge in [0.05, 0.1) is 22.8 Å². The molecule has 0 bridgehead atoms. The van der Waals surface area contributed by atoms with Crippen molar-refractivity contribution >= 4 is 15.7 Å². The monoisotopic (exact) mass is 363 g/mol. The maximum absolute atomic E-state index is 12.6. The number of aromatic nitrogens is 2. The molecule has 0 spiro atoms. The number of ether oxygens (including phenoxy) is 1. The second kappa shape index (κ2) is 6.80. The van der Waals surface area contributed by atoms with Crippen LogP contribution < -0.4 is 4.72 Å². The van der Waals surface area contributed by atoms with Gasteiger partial charge < -0.3 is 4.74 Å². The Labute approximate surface area is 149 Å². The van der Waals surface area contributed by atoms with Crippen LogP contribution in [-0.2, 0) is 20.2 Å². The first-order valence-corrected chi connectivity index (χ1v) is 9.99. The molecule has 3 rings (SSSR count). The van der Waals surface area contributed by atoms with E-state index in [2.05, 4.69) is 30.6 Å². The second-order valence-electron chi connectivity index (χ2n) is 7.43. The molecule has 1 aliphatic heterocycles. The zero-order valence-corrected chi connectivity index (χ0v) is 15.7. The third-order valence-corrected chi connectivity index (χ3v) is 5.85. The van der Waals surface area contributed by atoms with Crippen molar-refractivity contribution in [2.45, 2.75) is 50.0 Å². The van der Waals surface area contributed by atoms with E-state index in [1.807, 2.05) is 16.8 Å². The molecule has 6 nitrogen and oxygen atoms in total. The Kier molecular flexibility index (Phi) is 4.88. The Morgan fingerprint density at radius 3 is 2.40 bits per heavy atom. The number of sulfonamides is 1. The highest BCUT2D eigenvalue weighted by molar-refractivity contribution is 7.92. The third kappa shape index (κ3) is 4.22. The van der Waals surface area contributed by atoms with Gasteiger partial charge in [-0.2, -0.15) is 5.10 Å². The maximum atomic E-state index is 12.6. The molecule has 1 aromatic heterocycles. The standard InChI is InChI=1S/C18H25N3O3S/c1-18(2,3)14-4-6-17(7-5-14)25(22,23)20-15-12-19-21(13-15)16-8-10-24-11-9-16/h4-7,12-13,16,20H,8-11H2,1-3H3. The highest BCUT2D eigenvalue weighted by atomic mass is 32.2. The van der Waals surface area contributed by atoms with E-state index in [9.17, 15) is 8.42 Å². The molecule has 7 heteroatoms. The summed E-state index contributed by atoms with van der Waals surface area (Å²) in [6, 6.07) is 7.27. The van der Waals surface area contributed by atoms with Gasteiger partial charge in [0.2, 0.25) is 0 Å². The summed E-state index contributed by atoms with van der Waals surface area (Å²) in [5, 5.41) is 4.30. The minimum absolute atomic E-state index is 0.0133. The predicted octanol–water partition coefficient (Wildman–Crippen LogP) is 3.33. The molecule has 0 atom stereocenters. The van der Waals surface area contributed by atoms with Crippen molar-refractivity contribution in [1.29, 1.82) is 0 Å². The topological polar surface area (TPSA) is 73.2 Å². The Balaban J connectivity index is 1.74. The maximum Gasteiger partial charge on any atom is 0.261 e. The summed E-state index contributed by atoms with van der Waals surface area (Å²) in [7, 11) is -3.62. The number of hydrogen-bond acceptors (Lipinski definition) is 4. The summed E-state index contributed by atoms with van der Waals surface area (Å²) >= 11 is 0. The van der Waals surface area contributed by atoms with Crippen molar-refractivity contribution in [3.63, 3.8) is 0 Å². The lowest BCUT2D eigenvalue weighted by Crippen LogP contribution is -2.19. The normalized spacial score (nSPS) is 16.8. The molecule has 1 saturated heterocycles. The van der Waals surface area contributed by atoms with Crippen LogP contribution in [0.2, 0.25) is 0 Å². The van der Waals surface area contributed by atoms with Crippen LogP contribution in [0.5, 0.6) is 0 Å². The molecule has 2 heterocycles. The summed E-state index contributed by atoms with van der Waals surface area (Å²) < 4.78 is 34.9. The van der Waals surface area contributed by atoms with Gasteiger partial charge in [-0.05, 0) is 36.0 Å². The molecule has 1 fully saturated rings. The lowest BCUT2D eigenvalue weighted by Gasteiger charge is -2.22. The average Bonchev–Trinajstić information content (AvgIpc) is 3.03.